The van der Waals surface area contributed by atoms with Crippen molar-refractivity contribution in [2.24, 2.45) is 5.92 Å². The van der Waals surface area contributed by atoms with Crippen LogP contribution in [0.1, 0.15) is 33.6 Å². The summed E-state index contributed by atoms with van der Waals surface area (Å²) in [4.78, 5) is 4.47. The van der Waals surface area contributed by atoms with E-state index in [4.69, 9.17) is 0 Å². The van der Waals surface area contributed by atoms with Crippen LogP contribution in [0.15, 0.2) is 30.6 Å². The number of nitrogens with one attached hydrogen (secondary N) is 1. The van der Waals surface area contributed by atoms with E-state index in [1.165, 1.54) is 18.4 Å². The summed E-state index contributed by atoms with van der Waals surface area (Å²) in [5.74, 6) is 0.674. The lowest BCUT2D eigenvalue weighted by Crippen LogP contribution is -2.38. The topological polar surface area (TPSA) is 29.9 Å². The van der Waals surface area contributed by atoms with Crippen molar-refractivity contribution in [1.29, 1.82) is 0 Å². The van der Waals surface area contributed by atoms with Gasteiger partial charge in [0.15, 0.2) is 0 Å². The van der Waals surface area contributed by atoms with E-state index >= 15 is 0 Å². The lowest BCUT2D eigenvalue weighted by atomic mass is 9.99. The first-order valence-electron chi connectivity index (χ1n) is 7.39. The smallest absolute Gasteiger partial charge is 0.0958 e. The third-order valence-electron chi connectivity index (χ3n) is 3.91. The maximum atomic E-state index is 4.47. The predicted molar refractivity (Wildman–Crippen MR) is 81.3 cm³/mol. The summed E-state index contributed by atoms with van der Waals surface area (Å²) in [5, 5.41) is 3.67. The quantitative estimate of drug-likeness (QED) is 0.825. The van der Waals surface area contributed by atoms with Crippen molar-refractivity contribution >= 4 is 11.0 Å². The molecule has 1 aromatic heterocycles. The van der Waals surface area contributed by atoms with Crippen LogP contribution >= 0.6 is 0 Å². The Balaban J connectivity index is 2.15. The van der Waals surface area contributed by atoms with E-state index < -0.39 is 0 Å². The van der Waals surface area contributed by atoms with Crippen molar-refractivity contribution < 1.29 is 0 Å². The SMILES string of the molecule is CCCNC(Cn1cnc2ccccc21)C(C)CC. The normalized spacial score (nSPS) is 14.7. The summed E-state index contributed by atoms with van der Waals surface area (Å²) in [6.07, 6.45) is 4.35. The number of hydrogen-bond donors (Lipinski definition) is 1. The van der Waals surface area contributed by atoms with Gasteiger partial charge < -0.3 is 9.88 Å². The maximum absolute atomic E-state index is 4.47. The molecule has 104 valence electrons. The summed E-state index contributed by atoms with van der Waals surface area (Å²) in [7, 11) is 0. The van der Waals surface area contributed by atoms with Crippen LogP contribution in [0.5, 0.6) is 0 Å². The molecule has 0 fully saturated rings. The Hall–Kier alpha value is -1.35. The Bertz CT molecular complexity index is 503. The molecule has 2 rings (SSSR count). The molecule has 19 heavy (non-hydrogen) atoms. The molecule has 2 aromatic rings. The summed E-state index contributed by atoms with van der Waals surface area (Å²) in [5.41, 5.74) is 2.31. The summed E-state index contributed by atoms with van der Waals surface area (Å²) in [6, 6.07) is 8.86. The van der Waals surface area contributed by atoms with Crippen LogP contribution in [-0.4, -0.2) is 22.1 Å². The molecule has 0 spiro atoms. The van der Waals surface area contributed by atoms with Crippen molar-refractivity contribution in [3.63, 3.8) is 0 Å². The van der Waals surface area contributed by atoms with Gasteiger partial charge in [-0.3, -0.25) is 0 Å². The molecule has 1 heterocycles. The summed E-state index contributed by atoms with van der Waals surface area (Å²) >= 11 is 0. The third kappa shape index (κ3) is 3.35. The molecule has 2 atom stereocenters. The van der Waals surface area contributed by atoms with Gasteiger partial charge in [-0.1, -0.05) is 39.3 Å². The predicted octanol–water partition coefficient (Wildman–Crippen LogP) is 3.45. The zero-order valence-electron chi connectivity index (χ0n) is 12.3. The number of hydrogen-bond acceptors (Lipinski definition) is 2. The number of aromatic nitrogens is 2. The summed E-state index contributed by atoms with van der Waals surface area (Å²) in [6.45, 7) is 8.88. The van der Waals surface area contributed by atoms with Crippen molar-refractivity contribution in [2.75, 3.05) is 6.54 Å². The van der Waals surface area contributed by atoms with Crippen LogP contribution in [0.2, 0.25) is 0 Å². The first-order chi connectivity index (χ1) is 9.26. The molecule has 0 aliphatic heterocycles. The first-order valence-corrected chi connectivity index (χ1v) is 7.39. The monoisotopic (exact) mass is 259 g/mol. The van der Waals surface area contributed by atoms with Gasteiger partial charge in [0.2, 0.25) is 0 Å². The summed E-state index contributed by atoms with van der Waals surface area (Å²) < 4.78 is 2.27. The molecule has 0 aliphatic rings. The van der Waals surface area contributed by atoms with Crippen LogP contribution in [0, 0.1) is 5.92 Å². The first kappa shape index (κ1) is 14.1. The van der Waals surface area contributed by atoms with E-state index in [1.54, 1.807) is 0 Å². The van der Waals surface area contributed by atoms with Gasteiger partial charge in [0.1, 0.15) is 0 Å². The van der Waals surface area contributed by atoms with Gasteiger partial charge >= 0.3 is 0 Å². The average Bonchev–Trinajstić information content (AvgIpc) is 2.86. The highest BCUT2D eigenvalue weighted by molar-refractivity contribution is 5.74. The molecule has 2 unspecified atom stereocenters. The highest BCUT2D eigenvalue weighted by Gasteiger charge is 2.16. The van der Waals surface area contributed by atoms with E-state index in [0.29, 0.717) is 12.0 Å². The second kappa shape index (κ2) is 6.71. The molecule has 3 nitrogen and oxygen atoms in total. The van der Waals surface area contributed by atoms with Gasteiger partial charge in [0.25, 0.3) is 0 Å². The third-order valence-corrected chi connectivity index (χ3v) is 3.91. The highest BCUT2D eigenvalue weighted by atomic mass is 15.1. The maximum Gasteiger partial charge on any atom is 0.0958 e. The molecule has 1 N–H and O–H groups in total. The number of imidazole rings is 1. The number of nitrogens with zero attached hydrogens (tertiary/aromatic N) is 2. The van der Waals surface area contributed by atoms with E-state index in [1.807, 2.05) is 12.4 Å². The largest absolute Gasteiger partial charge is 0.329 e. The van der Waals surface area contributed by atoms with E-state index in [2.05, 4.69) is 53.8 Å². The van der Waals surface area contributed by atoms with E-state index in [0.717, 1.165) is 18.6 Å². The average molecular weight is 259 g/mol. The van der Waals surface area contributed by atoms with Crippen molar-refractivity contribution in [3.8, 4) is 0 Å². The van der Waals surface area contributed by atoms with E-state index in [9.17, 15) is 0 Å². The molecular formula is C16H25N3. The zero-order chi connectivity index (χ0) is 13.7. The fraction of sp³-hybridized carbons (Fsp3) is 0.562. The van der Waals surface area contributed by atoms with Crippen LogP contribution in [0.4, 0.5) is 0 Å². The molecular weight excluding hydrogens is 234 g/mol. The van der Waals surface area contributed by atoms with Gasteiger partial charge in [-0.2, -0.15) is 0 Å². The second-order valence-electron chi connectivity index (χ2n) is 5.33. The fourth-order valence-electron chi connectivity index (χ4n) is 2.43. The molecule has 0 amide bonds. The van der Waals surface area contributed by atoms with E-state index in [-0.39, 0.29) is 0 Å². The van der Waals surface area contributed by atoms with Crippen LogP contribution < -0.4 is 5.32 Å². The zero-order valence-corrected chi connectivity index (χ0v) is 12.3. The van der Waals surface area contributed by atoms with Gasteiger partial charge in [-0.05, 0) is 31.0 Å². The fourth-order valence-corrected chi connectivity index (χ4v) is 2.43. The lowest BCUT2D eigenvalue weighted by Gasteiger charge is -2.25. The Kier molecular flexibility index (Phi) is 4.97. The molecule has 0 aliphatic carbocycles. The molecule has 0 saturated carbocycles. The highest BCUT2D eigenvalue weighted by Crippen LogP contribution is 2.16. The van der Waals surface area contributed by atoms with Crippen molar-refractivity contribution in [3.05, 3.63) is 30.6 Å². The number of para-hydroxylation sites is 2. The minimum Gasteiger partial charge on any atom is -0.329 e. The van der Waals surface area contributed by atoms with Gasteiger partial charge in [0.05, 0.1) is 17.4 Å². The Labute approximate surface area is 116 Å². The number of fused-ring (bicyclic) bond motifs is 1. The number of rotatable bonds is 7. The number of benzene rings is 1. The van der Waals surface area contributed by atoms with Gasteiger partial charge in [-0.25, -0.2) is 4.98 Å². The molecule has 3 heteroatoms. The minimum absolute atomic E-state index is 0.516. The lowest BCUT2D eigenvalue weighted by molar-refractivity contribution is 0.332. The Morgan fingerprint density at radius 3 is 2.79 bits per heavy atom. The Morgan fingerprint density at radius 2 is 2.05 bits per heavy atom. The molecule has 0 bridgehead atoms. The van der Waals surface area contributed by atoms with Gasteiger partial charge in [-0.15, -0.1) is 0 Å². The van der Waals surface area contributed by atoms with Crippen molar-refractivity contribution in [1.82, 2.24) is 14.9 Å². The van der Waals surface area contributed by atoms with Gasteiger partial charge in [0, 0.05) is 12.6 Å². The van der Waals surface area contributed by atoms with Crippen LogP contribution in [0.3, 0.4) is 0 Å². The van der Waals surface area contributed by atoms with Crippen LogP contribution in [0.25, 0.3) is 11.0 Å². The minimum atomic E-state index is 0.516. The second-order valence-corrected chi connectivity index (χ2v) is 5.33. The standard InChI is InChI=1S/C16H25N3/c1-4-10-17-15(13(3)5-2)11-19-12-18-14-8-6-7-9-16(14)19/h6-9,12-13,15,17H,4-5,10-11H2,1-3H3. The molecule has 0 saturated heterocycles. The van der Waals surface area contributed by atoms with Crippen molar-refractivity contribution in [2.45, 2.75) is 46.2 Å². The Morgan fingerprint density at radius 1 is 1.26 bits per heavy atom. The molecule has 0 radical (unpaired) electrons. The molecule has 1 aromatic carbocycles. The van der Waals surface area contributed by atoms with Crippen LogP contribution in [-0.2, 0) is 6.54 Å².